The molecular weight excluding hydrogens is 406 g/mol. The van der Waals surface area contributed by atoms with Crippen LogP contribution in [0.15, 0.2) is 24.3 Å². The molecule has 0 bridgehead atoms. The van der Waals surface area contributed by atoms with E-state index in [1.54, 1.807) is 0 Å². The smallest absolute Gasteiger partial charge is 0.466 e. The molecule has 1 atom stereocenters. The summed E-state index contributed by atoms with van der Waals surface area (Å²) in [6.45, 7) is 10.3. The molecule has 2 rings (SSSR count). The molecule has 126 valence electrons. The summed E-state index contributed by atoms with van der Waals surface area (Å²) in [5.74, 6) is -0.419. The maximum Gasteiger partial charge on any atom is 0.466 e. The van der Waals surface area contributed by atoms with Gasteiger partial charge in [-0.3, -0.25) is 4.79 Å². The van der Waals surface area contributed by atoms with Crippen molar-refractivity contribution in [1.82, 2.24) is 0 Å². The molecule has 23 heavy (non-hydrogen) atoms. The second-order valence-corrected chi connectivity index (χ2v) is 8.04. The quantitative estimate of drug-likeness (QED) is 0.403. The van der Waals surface area contributed by atoms with Gasteiger partial charge in [0.05, 0.1) is 24.2 Å². The first-order chi connectivity index (χ1) is 10.7. The first-order valence-electron chi connectivity index (χ1n) is 7.93. The van der Waals surface area contributed by atoms with Crippen LogP contribution in [0.2, 0.25) is 0 Å². The summed E-state index contributed by atoms with van der Waals surface area (Å²) in [4.78, 5) is 12.0. The average Bonchev–Trinajstić information content (AvgIpc) is 2.66. The molecule has 1 unspecified atom stereocenters. The Morgan fingerprint density at radius 2 is 1.70 bits per heavy atom. The van der Waals surface area contributed by atoms with E-state index in [9.17, 15) is 4.79 Å². The molecule has 1 fully saturated rings. The van der Waals surface area contributed by atoms with Crippen LogP contribution >= 0.6 is 22.6 Å². The Balaban J connectivity index is 2.27. The molecule has 1 heterocycles. The molecule has 6 heteroatoms. The zero-order chi connectivity index (χ0) is 17.3. The highest BCUT2D eigenvalue weighted by atomic mass is 127. The van der Waals surface area contributed by atoms with Crippen molar-refractivity contribution in [2.45, 2.75) is 58.1 Å². The van der Waals surface area contributed by atoms with Gasteiger partial charge in [0.1, 0.15) is 0 Å². The lowest BCUT2D eigenvalue weighted by molar-refractivity contribution is -0.143. The monoisotopic (exact) mass is 430 g/mol. The number of carbonyl (C=O) groups is 1. The van der Waals surface area contributed by atoms with E-state index >= 15 is 0 Å². The van der Waals surface area contributed by atoms with Gasteiger partial charge >= 0.3 is 13.1 Å². The van der Waals surface area contributed by atoms with Crippen molar-refractivity contribution in [3.05, 3.63) is 33.4 Å². The number of carbonyl (C=O) groups excluding carboxylic acids is 1. The summed E-state index contributed by atoms with van der Waals surface area (Å²) in [6, 6.07) is 8.10. The van der Waals surface area contributed by atoms with E-state index in [2.05, 4.69) is 22.6 Å². The van der Waals surface area contributed by atoms with Crippen LogP contribution in [-0.4, -0.2) is 30.9 Å². The van der Waals surface area contributed by atoms with Crippen molar-refractivity contribution >= 4 is 35.7 Å². The van der Waals surface area contributed by atoms with Crippen LogP contribution in [-0.2, 0) is 18.8 Å². The molecule has 0 spiro atoms. The fraction of sp³-hybridized carbons (Fsp3) is 0.588. The highest BCUT2D eigenvalue weighted by Crippen LogP contribution is 2.41. The summed E-state index contributed by atoms with van der Waals surface area (Å²) in [5.41, 5.74) is 0.179. The van der Waals surface area contributed by atoms with Crippen LogP contribution in [0.3, 0.4) is 0 Å². The number of hydrogen-bond acceptors (Lipinski definition) is 4. The average molecular weight is 430 g/mol. The van der Waals surface area contributed by atoms with Crippen LogP contribution in [0.4, 0.5) is 0 Å². The Kier molecular flexibility index (Phi) is 5.79. The first kappa shape index (κ1) is 18.7. The Morgan fingerprint density at radius 1 is 1.17 bits per heavy atom. The predicted octanol–water partition coefficient (Wildman–Crippen LogP) is 3.96. The Morgan fingerprint density at radius 3 is 2.17 bits per heavy atom. The van der Waals surface area contributed by atoms with Crippen molar-refractivity contribution < 1.29 is 18.8 Å². The fourth-order valence-electron chi connectivity index (χ4n) is 2.53. The molecule has 0 aromatic heterocycles. The van der Waals surface area contributed by atoms with Gasteiger partial charge < -0.3 is 14.0 Å². The molecule has 1 aliphatic rings. The number of hydrogen-bond donors (Lipinski definition) is 0. The summed E-state index contributed by atoms with van der Waals surface area (Å²) in [6.07, 6.45) is 0.241. The lowest BCUT2D eigenvalue weighted by Gasteiger charge is -2.32. The summed E-state index contributed by atoms with van der Waals surface area (Å²) in [5, 5.41) is 0. The van der Waals surface area contributed by atoms with E-state index in [0.29, 0.717) is 6.61 Å². The third-order valence-corrected chi connectivity index (χ3v) is 5.31. The topological polar surface area (TPSA) is 44.8 Å². The Bertz CT molecular complexity index is 540. The van der Waals surface area contributed by atoms with E-state index in [1.165, 1.54) is 0 Å². The second-order valence-electron chi connectivity index (χ2n) is 6.79. The van der Waals surface area contributed by atoms with Gasteiger partial charge in [0.25, 0.3) is 0 Å². The molecule has 4 nitrogen and oxygen atoms in total. The van der Waals surface area contributed by atoms with Crippen LogP contribution in [0.25, 0.3) is 0 Å². The van der Waals surface area contributed by atoms with E-state index < -0.39 is 18.3 Å². The normalized spacial score (nSPS) is 20.3. The van der Waals surface area contributed by atoms with Crippen molar-refractivity contribution in [2.24, 2.45) is 0 Å². The number of rotatable bonds is 5. The summed E-state index contributed by atoms with van der Waals surface area (Å²) in [7, 11) is -0.468. The minimum atomic E-state index is -0.468. The summed E-state index contributed by atoms with van der Waals surface area (Å²) >= 11 is 2.26. The molecule has 0 N–H and O–H groups in total. The third kappa shape index (κ3) is 4.28. The number of esters is 1. The number of halogens is 1. The van der Waals surface area contributed by atoms with Gasteiger partial charge in [-0.05, 0) is 74.9 Å². The molecular formula is C17H24BIO4. The van der Waals surface area contributed by atoms with Gasteiger partial charge in [-0.25, -0.2) is 0 Å². The van der Waals surface area contributed by atoms with E-state index in [4.69, 9.17) is 14.0 Å². The molecule has 0 amide bonds. The van der Waals surface area contributed by atoms with Crippen LogP contribution < -0.4 is 0 Å². The van der Waals surface area contributed by atoms with E-state index in [0.717, 1.165) is 9.13 Å². The van der Waals surface area contributed by atoms with Gasteiger partial charge in [-0.1, -0.05) is 12.1 Å². The molecule has 0 saturated carbocycles. The van der Waals surface area contributed by atoms with Gasteiger partial charge in [-0.15, -0.1) is 0 Å². The zero-order valence-electron chi connectivity index (χ0n) is 14.4. The highest BCUT2D eigenvalue weighted by molar-refractivity contribution is 14.1. The number of benzene rings is 1. The Labute approximate surface area is 152 Å². The maximum atomic E-state index is 12.0. The molecule has 1 saturated heterocycles. The lowest BCUT2D eigenvalue weighted by Crippen LogP contribution is -2.41. The maximum absolute atomic E-state index is 12.0. The first-order valence-corrected chi connectivity index (χ1v) is 9.01. The minimum absolute atomic E-state index is 0.188. The van der Waals surface area contributed by atoms with E-state index in [1.807, 2.05) is 58.9 Å². The predicted molar refractivity (Wildman–Crippen MR) is 99.2 cm³/mol. The van der Waals surface area contributed by atoms with Gasteiger partial charge in [-0.2, -0.15) is 0 Å². The van der Waals surface area contributed by atoms with Crippen molar-refractivity contribution in [1.29, 1.82) is 0 Å². The lowest BCUT2D eigenvalue weighted by atomic mass is 9.66. The van der Waals surface area contributed by atoms with Crippen molar-refractivity contribution in [3.63, 3.8) is 0 Å². The van der Waals surface area contributed by atoms with Crippen LogP contribution in [0, 0.1) is 3.57 Å². The van der Waals surface area contributed by atoms with Gasteiger partial charge in [0, 0.05) is 9.39 Å². The molecule has 0 aliphatic carbocycles. The van der Waals surface area contributed by atoms with Crippen LogP contribution in [0.5, 0.6) is 0 Å². The van der Waals surface area contributed by atoms with Crippen molar-refractivity contribution in [3.8, 4) is 0 Å². The fourth-order valence-corrected chi connectivity index (χ4v) is 2.89. The highest BCUT2D eigenvalue weighted by Gasteiger charge is 2.54. The second kappa shape index (κ2) is 7.11. The molecule has 1 aliphatic heterocycles. The van der Waals surface area contributed by atoms with E-state index in [-0.39, 0.29) is 18.2 Å². The zero-order valence-corrected chi connectivity index (χ0v) is 16.5. The van der Waals surface area contributed by atoms with Crippen molar-refractivity contribution in [2.75, 3.05) is 6.61 Å². The number of ether oxygens (including phenoxy) is 1. The Hall–Kier alpha value is -0.595. The van der Waals surface area contributed by atoms with Crippen LogP contribution in [0.1, 0.15) is 52.4 Å². The molecule has 1 aromatic carbocycles. The largest absolute Gasteiger partial charge is 0.466 e. The standard InChI is InChI=1S/C17H24BIO4/c1-6-21-15(20)11-14(12-7-9-13(19)10-8-12)18-22-16(2,3)17(4,5)23-18/h7-10,14H,6,11H2,1-5H3. The minimum Gasteiger partial charge on any atom is -0.466 e. The van der Waals surface area contributed by atoms with Gasteiger partial charge in [0.2, 0.25) is 0 Å². The molecule has 1 aromatic rings. The SMILES string of the molecule is CCOC(=O)CC(B1OC(C)(C)C(C)(C)O1)c1ccc(I)cc1. The summed E-state index contributed by atoms with van der Waals surface area (Å²) < 4.78 is 18.6. The van der Waals surface area contributed by atoms with Gasteiger partial charge in [0.15, 0.2) is 0 Å². The third-order valence-electron chi connectivity index (χ3n) is 4.59. The molecule has 0 radical (unpaired) electrons.